The van der Waals surface area contributed by atoms with Crippen LogP contribution >= 0.6 is 0 Å². The van der Waals surface area contributed by atoms with Crippen molar-refractivity contribution < 1.29 is 19.8 Å². The van der Waals surface area contributed by atoms with Gasteiger partial charge in [0.05, 0.1) is 0 Å². The van der Waals surface area contributed by atoms with Gasteiger partial charge in [0.25, 0.3) is 0 Å². The first kappa shape index (κ1) is 15.5. The quantitative estimate of drug-likeness (QED) is 0.659. The van der Waals surface area contributed by atoms with Gasteiger partial charge in [0.2, 0.25) is 0 Å². The molecule has 0 radical (unpaired) electrons. The molecule has 0 aromatic heterocycles. The Bertz CT molecular complexity index is 524. The van der Waals surface area contributed by atoms with Gasteiger partial charge in [-0.25, -0.2) is 0 Å². The van der Waals surface area contributed by atoms with Crippen molar-refractivity contribution in [2.75, 3.05) is 0 Å². The van der Waals surface area contributed by atoms with Crippen LogP contribution in [0.25, 0.3) is 0 Å². The van der Waals surface area contributed by atoms with Crippen LogP contribution in [0.4, 0.5) is 0 Å². The van der Waals surface area contributed by atoms with Crippen molar-refractivity contribution in [3.8, 4) is 0 Å². The summed E-state index contributed by atoms with van der Waals surface area (Å²) in [5.41, 5.74) is 2.78. The third-order valence-corrected chi connectivity index (χ3v) is 5.14. The van der Waals surface area contributed by atoms with Gasteiger partial charge in [-0.2, -0.15) is 0 Å². The Balaban J connectivity index is 2.17. The van der Waals surface area contributed by atoms with Crippen LogP contribution in [0.3, 0.4) is 0 Å². The van der Waals surface area contributed by atoms with Crippen molar-refractivity contribution in [2.24, 2.45) is 5.41 Å². The average Bonchev–Trinajstić information content (AvgIpc) is 2.97. The fourth-order valence-corrected chi connectivity index (χ4v) is 4.11. The number of carbonyl (C=O) groups excluding carboxylic acids is 1. The zero-order valence-corrected chi connectivity index (χ0v) is 14.0. The van der Waals surface area contributed by atoms with E-state index in [4.69, 9.17) is 0 Å². The fourth-order valence-electron chi connectivity index (χ4n) is 2.46. The molecule has 0 amide bonds. The van der Waals surface area contributed by atoms with Crippen LogP contribution in [0, 0.1) is 5.41 Å². The zero-order chi connectivity index (χ0) is 14.8. The summed E-state index contributed by atoms with van der Waals surface area (Å²) in [5, 5.41) is 0. The summed E-state index contributed by atoms with van der Waals surface area (Å²) < 4.78 is 2.84. The molecule has 0 unspecified atom stereocenters. The molecule has 0 aromatic rings. The third kappa shape index (κ3) is 3.84. The molecule has 110 valence electrons. The summed E-state index contributed by atoms with van der Waals surface area (Å²) in [6.07, 6.45) is 12.4. The fraction of sp³-hybridized carbons (Fsp3) is 0.500. The number of Topliss-reactive ketones (excluding diaryl/α,β-unsaturated/α-hetero) is 1. The molecule has 0 aromatic carbocycles. The Kier molecular flexibility index (Phi) is 4.88. The molecule has 1 nitrogen and oxygen atoms in total. The molecule has 2 aliphatic rings. The van der Waals surface area contributed by atoms with Gasteiger partial charge in [-0.15, -0.1) is 0 Å². The summed E-state index contributed by atoms with van der Waals surface area (Å²) in [6.45, 7) is 8.80. The van der Waals surface area contributed by atoms with Crippen molar-refractivity contribution in [1.82, 2.24) is 0 Å². The van der Waals surface area contributed by atoms with Gasteiger partial charge in [0.1, 0.15) is 0 Å². The maximum absolute atomic E-state index is 12.0. The Labute approximate surface area is 129 Å². The molecule has 0 N–H and O–H groups in total. The third-order valence-electron chi connectivity index (χ3n) is 3.37. The van der Waals surface area contributed by atoms with Crippen LogP contribution in [-0.2, 0) is 19.8 Å². The van der Waals surface area contributed by atoms with Crippen LogP contribution in [0.1, 0.15) is 53.4 Å². The normalized spacial score (nSPS) is 18.8. The van der Waals surface area contributed by atoms with Gasteiger partial charge < -0.3 is 0 Å². The first-order chi connectivity index (χ1) is 9.40. The predicted octanol–water partition coefficient (Wildman–Crippen LogP) is 4.91. The molecule has 2 aliphatic carbocycles. The molecule has 0 spiro atoms. The van der Waals surface area contributed by atoms with E-state index in [0.717, 1.165) is 39.8 Å². The topological polar surface area (TPSA) is 17.1 Å². The van der Waals surface area contributed by atoms with E-state index in [-0.39, 0.29) is 5.78 Å². The monoisotopic (exact) mass is 312 g/mol. The van der Waals surface area contributed by atoms with Crippen molar-refractivity contribution in [3.63, 3.8) is 0 Å². The average molecular weight is 312 g/mol. The van der Waals surface area contributed by atoms with Crippen LogP contribution < -0.4 is 0 Å². The molecular weight excluding hydrogens is 288 g/mol. The molecule has 0 fully saturated rings. The molecule has 0 bridgehead atoms. The van der Waals surface area contributed by atoms with Gasteiger partial charge in [-0.3, -0.25) is 0 Å². The van der Waals surface area contributed by atoms with E-state index in [9.17, 15) is 4.79 Å². The molecule has 2 rings (SSSR count). The Morgan fingerprint density at radius 1 is 1.15 bits per heavy atom. The number of rotatable bonds is 5. The molecular formula is C18H24FeO. The van der Waals surface area contributed by atoms with Gasteiger partial charge in [0, 0.05) is 0 Å². The van der Waals surface area contributed by atoms with E-state index in [1.54, 1.807) is 0 Å². The molecule has 0 aliphatic heterocycles. The Morgan fingerprint density at radius 3 is 2.45 bits per heavy atom. The van der Waals surface area contributed by atoms with E-state index >= 15 is 0 Å². The first-order valence-electron chi connectivity index (χ1n) is 7.34. The number of ketones is 1. The number of hydrogen-bond acceptors (Lipinski definition) is 1. The standard InChI is InChI=1S/C10H15.C8H9O.Fe/c1-10(2,3)8-9-6-4-5-7-9;1-2-8(9)7-5-3-4-6-7;/h4,6H,5,8H2,1-3H3;3,5H,2,4H2,1H3;. The van der Waals surface area contributed by atoms with E-state index in [1.165, 1.54) is 14.5 Å². The van der Waals surface area contributed by atoms with Crippen molar-refractivity contribution in [2.45, 2.75) is 53.4 Å². The number of allylic oxidation sites excluding steroid dienone is 8. The van der Waals surface area contributed by atoms with E-state index in [0.29, 0.717) is 11.8 Å². The van der Waals surface area contributed by atoms with Gasteiger partial charge in [0.15, 0.2) is 0 Å². The first-order valence-corrected chi connectivity index (χ1v) is 8.45. The minimum atomic E-state index is 0.290. The molecule has 2 heteroatoms. The van der Waals surface area contributed by atoms with Crippen molar-refractivity contribution in [1.29, 1.82) is 0 Å². The summed E-state index contributed by atoms with van der Waals surface area (Å²) in [7, 11) is 0. The molecule has 0 saturated heterocycles. The molecule has 0 atom stereocenters. The minimum absolute atomic E-state index is 0.290. The second kappa shape index (κ2) is 6.28. The summed E-state index contributed by atoms with van der Waals surface area (Å²) in [5.74, 6) is 0.290. The Morgan fingerprint density at radius 2 is 1.80 bits per heavy atom. The van der Waals surface area contributed by atoms with Crippen molar-refractivity contribution in [3.05, 3.63) is 44.4 Å². The predicted molar refractivity (Wildman–Crippen MR) is 80.9 cm³/mol. The molecule has 20 heavy (non-hydrogen) atoms. The van der Waals surface area contributed by atoms with Crippen molar-refractivity contribution >= 4 is 5.78 Å². The summed E-state index contributed by atoms with van der Waals surface area (Å²) in [6, 6.07) is 0. The SMILES string of the molecule is CCC(=O)C1=[C]([Fe][C]2=C(CC(C)(C)C)C=CC2)CC=C1. The Hall–Kier alpha value is -0.851. The molecule has 0 saturated carbocycles. The number of hydrogen-bond donors (Lipinski definition) is 0. The second-order valence-corrected chi connectivity index (χ2v) is 8.14. The zero-order valence-electron chi connectivity index (χ0n) is 12.9. The van der Waals surface area contributed by atoms with Gasteiger partial charge >= 0.3 is 129 Å². The van der Waals surface area contributed by atoms with Crippen LogP contribution in [-0.4, -0.2) is 5.78 Å². The van der Waals surface area contributed by atoms with E-state index < -0.39 is 0 Å². The van der Waals surface area contributed by atoms with Gasteiger partial charge in [-0.1, -0.05) is 0 Å². The second-order valence-electron chi connectivity index (χ2n) is 6.53. The van der Waals surface area contributed by atoms with E-state index in [1.807, 2.05) is 13.0 Å². The van der Waals surface area contributed by atoms with Crippen LogP contribution in [0.2, 0.25) is 0 Å². The molecule has 0 heterocycles. The summed E-state index contributed by atoms with van der Waals surface area (Å²) >= 11 is 0.979. The maximum atomic E-state index is 12.0. The van der Waals surface area contributed by atoms with Crippen LogP contribution in [0.5, 0.6) is 0 Å². The van der Waals surface area contributed by atoms with Crippen LogP contribution in [0.15, 0.2) is 44.4 Å². The number of carbonyl (C=O) groups is 1. The van der Waals surface area contributed by atoms with E-state index in [2.05, 4.69) is 39.0 Å². The summed E-state index contributed by atoms with van der Waals surface area (Å²) in [4.78, 5) is 12.0. The van der Waals surface area contributed by atoms with Gasteiger partial charge in [-0.05, 0) is 0 Å².